The average Bonchev–Trinajstić information content (AvgIpc) is 3.57. The fourth-order valence-corrected chi connectivity index (χ4v) is 4.18. The minimum atomic E-state index is -0.341. The van der Waals surface area contributed by atoms with Crippen molar-refractivity contribution in [2.75, 3.05) is 0 Å². The Morgan fingerprint density at radius 3 is 2.74 bits per heavy atom. The van der Waals surface area contributed by atoms with Gasteiger partial charge in [0.05, 0.1) is 11.4 Å². The number of hydrogen-bond acceptors (Lipinski definition) is 6. The standard InChI is InChI=1S/C27H24FN5O2/c1-16-6-7-21(22(28)9-16)18-11-19(24-14-26(35-33-24)23-5-3-4-8-29-23)13-20(12-18)25(34)10-17(2)27-30-15-31-32-27/h3-9,11-13,15,17,26H,10,14H2,1-2H3,(H,30,31,32)/t17-,26+/m1/s1. The summed E-state index contributed by atoms with van der Waals surface area (Å²) in [7, 11) is 0. The number of rotatable bonds is 7. The van der Waals surface area contributed by atoms with Crippen LogP contribution < -0.4 is 0 Å². The molecule has 0 amide bonds. The molecule has 0 saturated heterocycles. The summed E-state index contributed by atoms with van der Waals surface area (Å²) in [6.07, 6.45) is 3.55. The molecule has 0 saturated carbocycles. The van der Waals surface area contributed by atoms with Crippen LogP contribution >= 0.6 is 0 Å². The molecule has 0 unspecified atom stereocenters. The van der Waals surface area contributed by atoms with E-state index < -0.39 is 0 Å². The van der Waals surface area contributed by atoms with Gasteiger partial charge in [0.1, 0.15) is 18.0 Å². The largest absolute Gasteiger partial charge is 0.385 e. The smallest absolute Gasteiger partial charge is 0.174 e. The minimum absolute atomic E-state index is 0.0784. The van der Waals surface area contributed by atoms with Crippen LogP contribution in [-0.4, -0.2) is 31.7 Å². The fraction of sp³-hybridized carbons (Fsp3) is 0.222. The molecule has 8 heteroatoms. The number of ketones is 1. The van der Waals surface area contributed by atoms with Crippen LogP contribution in [0.15, 0.2) is 72.3 Å². The second kappa shape index (κ2) is 9.58. The Bertz CT molecular complexity index is 1390. The number of Topliss-reactive ketones (excluding diaryl/α,β-unsaturated/α-hetero) is 1. The lowest BCUT2D eigenvalue weighted by Gasteiger charge is -2.12. The van der Waals surface area contributed by atoms with E-state index in [0.29, 0.717) is 34.6 Å². The van der Waals surface area contributed by atoms with Crippen LogP contribution in [-0.2, 0) is 4.84 Å². The minimum Gasteiger partial charge on any atom is -0.385 e. The molecule has 0 aliphatic carbocycles. The van der Waals surface area contributed by atoms with Crippen molar-refractivity contribution in [1.82, 2.24) is 20.2 Å². The van der Waals surface area contributed by atoms with Crippen molar-refractivity contribution in [1.29, 1.82) is 0 Å². The molecule has 3 heterocycles. The van der Waals surface area contributed by atoms with Crippen LogP contribution in [0.4, 0.5) is 4.39 Å². The molecule has 1 N–H and O–H groups in total. The van der Waals surface area contributed by atoms with Gasteiger partial charge in [0, 0.05) is 41.6 Å². The number of aryl methyl sites for hydroxylation is 1. The summed E-state index contributed by atoms with van der Waals surface area (Å²) in [6, 6.07) is 16.1. The first-order valence-corrected chi connectivity index (χ1v) is 11.4. The predicted molar refractivity (Wildman–Crippen MR) is 130 cm³/mol. The van der Waals surface area contributed by atoms with E-state index in [1.165, 1.54) is 12.4 Å². The molecule has 0 spiro atoms. The van der Waals surface area contributed by atoms with Crippen molar-refractivity contribution >= 4 is 11.5 Å². The third kappa shape index (κ3) is 4.87. The molecule has 176 valence electrons. The lowest BCUT2D eigenvalue weighted by molar-refractivity contribution is 0.0826. The van der Waals surface area contributed by atoms with Gasteiger partial charge in [-0.1, -0.05) is 30.3 Å². The molecule has 4 aromatic rings. The number of nitrogens with one attached hydrogen (secondary N) is 1. The molecular formula is C27H24FN5O2. The molecule has 0 radical (unpaired) electrons. The van der Waals surface area contributed by atoms with Crippen LogP contribution in [0.25, 0.3) is 11.1 Å². The van der Waals surface area contributed by atoms with E-state index in [0.717, 1.165) is 16.8 Å². The number of aromatic amines is 1. The van der Waals surface area contributed by atoms with Crippen molar-refractivity contribution in [3.05, 3.63) is 101 Å². The summed E-state index contributed by atoms with van der Waals surface area (Å²) in [5.41, 5.74) is 4.53. The van der Waals surface area contributed by atoms with Gasteiger partial charge in [-0.15, -0.1) is 0 Å². The molecule has 35 heavy (non-hydrogen) atoms. The van der Waals surface area contributed by atoms with Gasteiger partial charge >= 0.3 is 0 Å². The topological polar surface area (TPSA) is 93.1 Å². The zero-order chi connectivity index (χ0) is 24.4. The monoisotopic (exact) mass is 469 g/mol. The van der Waals surface area contributed by atoms with E-state index >= 15 is 0 Å². The van der Waals surface area contributed by atoms with Crippen LogP contribution in [0, 0.1) is 12.7 Å². The fourth-order valence-electron chi connectivity index (χ4n) is 4.18. The molecule has 2 aromatic carbocycles. The second-order valence-corrected chi connectivity index (χ2v) is 8.77. The van der Waals surface area contributed by atoms with Crippen LogP contribution in [0.1, 0.15) is 64.8 Å². The number of hydrogen-bond donors (Lipinski definition) is 1. The number of carbonyl (C=O) groups excluding carboxylic acids is 1. The van der Waals surface area contributed by atoms with Crippen molar-refractivity contribution in [2.45, 2.75) is 38.7 Å². The highest BCUT2D eigenvalue weighted by molar-refractivity contribution is 6.06. The van der Waals surface area contributed by atoms with Crippen molar-refractivity contribution in [2.24, 2.45) is 5.16 Å². The molecule has 5 rings (SSSR count). The first kappa shape index (κ1) is 22.6. The molecule has 0 fully saturated rings. The van der Waals surface area contributed by atoms with Gasteiger partial charge in [-0.25, -0.2) is 9.37 Å². The SMILES string of the molecule is Cc1ccc(-c2cc(C(=O)C[C@@H](C)c3ncn[nH]3)cc(C3=NO[C@H](c4ccccn4)C3)c2)c(F)c1. The normalized spacial score (nSPS) is 16.0. The van der Waals surface area contributed by atoms with Gasteiger partial charge in [0.2, 0.25) is 0 Å². The Morgan fingerprint density at radius 2 is 2.00 bits per heavy atom. The quantitative estimate of drug-likeness (QED) is 0.358. The van der Waals surface area contributed by atoms with Gasteiger partial charge < -0.3 is 4.84 Å². The Balaban J connectivity index is 1.49. The van der Waals surface area contributed by atoms with Crippen LogP contribution in [0.3, 0.4) is 0 Å². The Morgan fingerprint density at radius 1 is 1.14 bits per heavy atom. The lowest BCUT2D eigenvalue weighted by Crippen LogP contribution is -2.09. The van der Waals surface area contributed by atoms with E-state index in [4.69, 9.17) is 4.84 Å². The first-order valence-electron chi connectivity index (χ1n) is 11.4. The third-order valence-corrected chi connectivity index (χ3v) is 6.10. The molecule has 1 aliphatic heterocycles. The summed E-state index contributed by atoms with van der Waals surface area (Å²) in [5, 5.41) is 11.0. The average molecular weight is 470 g/mol. The van der Waals surface area contributed by atoms with E-state index in [-0.39, 0.29) is 30.0 Å². The third-order valence-electron chi connectivity index (χ3n) is 6.10. The molecule has 0 bridgehead atoms. The highest BCUT2D eigenvalue weighted by Gasteiger charge is 2.26. The van der Waals surface area contributed by atoms with E-state index in [2.05, 4.69) is 25.3 Å². The Hall–Kier alpha value is -4.20. The summed E-state index contributed by atoms with van der Waals surface area (Å²) in [6.45, 7) is 3.75. The maximum atomic E-state index is 14.9. The van der Waals surface area contributed by atoms with E-state index in [9.17, 15) is 9.18 Å². The van der Waals surface area contributed by atoms with Crippen molar-refractivity contribution in [3.63, 3.8) is 0 Å². The Labute approximate surface area is 202 Å². The summed E-state index contributed by atoms with van der Waals surface area (Å²) >= 11 is 0. The molecular weight excluding hydrogens is 445 g/mol. The van der Waals surface area contributed by atoms with Crippen LogP contribution in [0.5, 0.6) is 0 Å². The summed E-state index contributed by atoms with van der Waals surface area (Å²) in [5.74, 6) is 0.0804. The zero-order valence-corrected chi connectivity index (χ0v) is 19.4. The Kier molecular flexibility index (Phi) is 6.18. The van der Waals surface area contributed by atoms with Crippen molar-refractivity contribution < 1.29 is 14.0 Å². The highest BCUT2D eigenvalue weighted by atomic mass is 19.1. The number of oxime groups is 1. The maximum absolute atomic E-state index is 14.9. The number of carbonyl (C=O) groups is 1. The molecule has 2 atom stereocenters. The van der Waals surface area contributed by atoms with Gasteiger partial charge in [0.15, 0.2) is 11.9 Å². The number of nitrogens with zero attached hydrogens (tertiary/aromatic N) is 4. The van der Waals surface area contributed by atoms with Gasteiger partial charge in [-0.2, -0.15) is 5.10 Å². The van der Waals surface area contributed by atoms with E-state index in [1.807, 2.05) is 44.2 Å². The lowest BCUT2D eigenvalue weighted by atomic mass is 9.91. The first-order chi connectivity index (χ1) is 17.0. The number of benzene rings is 2. The predicted octanol–water partition coefficient (Wildman–Crippen LogP) is 5.56. The number of pyridine rings is 1. The van der Waals surface area contributed by atoms with Crippen LogP contribution in [0.2, 0.25) is 0 Å². The van der Waals surface area contributed by atoms with Crippen molar-refractivity contribution in [3.8, 4) is 11.1 Å². The maximum Gasteiger partial charge on any atom is 0.174 e. The zero-order valence-electron chi connectivity index (χ0n) is 19.4. The summed E-state index contributed by atoms with van der Waals surface area (Å²) in [4.78, 5) is 27.5. The molecule has 2 aromatic heterocycles. The van der Waals surface area contributed by atoms with E-state index in [1.54, 1.807) is 24.4 Å². The van der Waals surface area contributed by atoms with Gasteiger partial charge in [-0.3, -0.25) is 14.9 Å². The van der Waals surface area contributed by atoms with Gasteiger partial charge in [-0.05, 0) is 54.4 Å². The second-order valence-electron chi connectivity index (χ2n) is 8.77. The van der Waals surface area contributed by atoms with Gasteiger partial charge in [0.25, 0.3) is 0 Å². The number of aromatic nitrogens is 4. The molecule has 1 aliphatic rings. The molecule has 7 nitrogen and oxygen atoms in total. The highest BCUT2D eigenvalue weighted by Crippen LogP contribution is 2.32. The number of halogens is 1. The number of H-pyrrole nitrogens is 1. The summed E-state index contributed by atoms with van der Waals surface area (Å²) < 4.78 is 14.9.